The van der Waals surface area contributed by atoms with Gasteiger partial charge in [0.05, 0.1) is 6.04 Å². The fraction of sp³-hybridized carbons (Fsp3) is 0.857. The SMILES string of the molecule is CC(C)NC(=O)/[N+](O)=C1\[C@H]2CC[C@H](C2)[C@@H]1CN(C)C. The Morgan fingerprint density at radius 2 is 2.16 bits per heavy atom. The van der Waals surface area contributed by atoms with Gasteiger partial charge in [-0.3, -0.25) is 0 Å². The van der Waals surface area contributed by atoms with Crippen molar-refractivity contribution in [1.82, 2.24) is 10.2 Å². The Morgan fingerprint density at radius 1 is 1.47 bits per heavy atom. The molecule has 2 bridgehead atoms. The molecule has 19 heavy (non-hydrogen) atoms. The number of nitrogens with zero attached hydrogens (tertiary/aromatic N) is 2. The summed E-state index contributed by atoms with van der Waals surface area (Å²) in [4.78, 5) is 14.1. The van der Waals surface area contributed by atoms with Gasteiger partial charge in [0.1, 0.15) is 5.71 Å². The van der Waals surface area contributed by atoms with E-state index in [1.54, 1.807) is 0 Å². The number of hydroxylamine groups is 1. The molecular formula is C14H26N3O2+. The van der Waals surface area contributed by atoms with E-state index in [9.17, 15) is 10.0 Å². The molecule has 0 spiro atoms. The molecule has 108 valence electrons. The zero-order valence-electron chi connectivity index (χ0n) is 12.4. The van der Waals surface area contributed by atoms with E-state index in [0.29, 0.717) is 17.8 Å². The molecule has 2 fully saturated rings. The third-order valence-corrected chi connectivity index (χ3v) is 4.25. The Balaban J connectivity index is 2.21. The number of hydrogen-bond donors (Lipinski definition) is 2. The van der Waals surface area contributed by atoms with E-state index in [2.05, 4.69) is 10.2 Å². The number of hydrogen-bond acceptors (Lipinski definition) is 3. The summed E-state index contributed by atoms with van der Waals surface area (Å²) < 4.78 is 0.901. The Labute approximate surface area is 115 Å². The molecule has 5 heteroatoms. The molecule has 2 N–H and O–H groups in total. The first kappa shape index (κ1) is 14.3. The highest BCUT2D eigenvalue weighted by Gasteiger charge is 2.49. The van der Waals surface area contributed by atoms with Gasteiger partial charge in [-0.25, -0.2) is 5.32 Å². The standard InChI is InChI=1S/C14H25N3O2/c1-9(2)15-14(18)17(19)13-11-6-5-10(7-11)12(13)8-16(3)4/h9-12H,5-8H2,1-4H3,(H-,15,18,19)/p+1/b17-13-/t10-,11+,12+/m1/s1. The van der Waals surface area contributed by atoms with Crippen molar-refractivity contribution >= 4 is 11.7 Å². The van der Waals surface area contributed by atoms with Crippen molar-refractivity contribution in [3.05, 3.63) is 0 Å². The zero-order valence-corrected chi connectivity index (χ0v) is 12.4. The van der Waals surface area contributed by atoms with Gasteiger partial charge in [-0.2, -0.15) is 4.79 Å². The first-order valence-corrected chi connectivity index (χ1v) is 7.21. The zero-order chi connectivity index (χ0) is 14.2. The van der Waals surface area contributed by atoms with Gasteiger partial charge in [0.15, 0.2) is 0 Å². The van der Waals surface area contributed by atoms with Crippen LogP contribution in [-0.2, 0) is 0 Å². The van der Waals surface area contributed by atoms with E-state index < -0.39 is 0 Å². The Morgan fingerprint density at radius 3 is 2.74 bits per heavy atom. The monoisotopic (exact) mass is 268 g/mol. The van der Waals surface area contributed by atoms with Crippen LogP contribution in [0, 0.1) is 17.8 Å². The van der Waals surface area contributed by atoms with Crippen LogP contribution in [0.1, 0.15) is 33.1 Å². The van der Waals surface area contributed by atoms with E-state index in [-0.39, 0.29) is 12.1 Å². The summed E-state index contributed by atoms with van der Waals surface area (Å²) in [7, 11) is 4.08. The molecule has 0 aliphatic heterocycles. The van der Waals surface area contributed by atoms with Gasteiger partial charge in [-0.1, -0.05) is 0 Å². The molecule has 2 aliphatic carbocycles. The van der Waals surface area contributed by atoms with Crippen molar-refractivity contribution in [2.45, 2.75) is 39.2 Å². The van der Waals surface area contributed by atoms with Crippen molar-refractivity contribution in [3.8, 4) is 0 Å². The summed E-state index contributed by atoms with van der Waals surface area (Å²) in [5, 5.41) is 13.0. The highest BCUT2D eigenvalue weighted by molar-refractivity contribution is 5.91. The number of carbonyl (C=O) groups is 1. The van der Waals surface area contributed by atoms with Crippen LogP contribution in [0.25, 0.3) is 0 Å². The summed E-state index contributed by atoms with van der Waals surface area (Å²) in [5.41, 5.74) is 0.933. The van der Waals surface area contributed by atoms with Crippen molar-refractivity contribution in [3.63, 3.8) is 0 Å². The molecule has 2 aliphatic rings. The number of urea groups is 1. The molecule has 0 heterocycles. The maximum Gasteiger partial charge on any atom is 0.530 e. The number of fused-ring (bicyclic) bond motifs is 2. The van der Waals surface area contributed by atoms with Gasteiger partial charge < -0.3 is 10.1 Å². The average Bonchev–Trinajstić information content (AvgIpc) is 2.86. The van der Waals surface area contributed by atoms with Gasteiger partial charge in [0.2, 0.25) is 0 Å². The molecule has 0 aromatic heterocycles. The summed E-state index contributed by atoms with van der Waals surface area (Å²) in [6.45, 7) is 4.70. The molecule has 0 unspecified atom stereocenters. The van der Waals surface area contributed by atoms with E-state index in [4.69, 9.17) is 0 Å². The molecule has 0 saturated heterocycles. The number of nitrogens with one attached hydrogen (secondary N) is 1. The lowest BCUT2D eigenvalue weighted by Crippen LogP contribution is -2.44. The molecule has 0 radical (unpaired) electrons. The summed E-state index contributed by atoms with van der Waals surface area (Å²) >= 11 is 0. The van der Waals surface area contributed by atoms with Gasteiger partial charge in [0.25, 0.3) is 0 Å². The highest BCUT2D eigenvalue weighted by atomic mass is 16.5. The molecule has 0 aromatic rings. The van der Waals surface area contributed by atoms with Gasteiger partial charge in [-0.15, -0.1) is 0 Å². The average molecular weight is 268 g/mol. The van der Waals surface area contributed by atoms with Gasteiger partial charge >= 0.3 is 6.03 Å². The fourth-order valence-corrected chi connectivity index (χ4v) is 3.59. The van der Waals surface area contributed by atoms with E-state index in [0.717, 1.165) is 29.8 Å². The van der Waals surface area contributed by atoms with Gasteiger partial charge in [0, 0.05) is 18.4 Å². The topological polar surface area (TPSA) is 55.6 Å². The van der Waals surface area contributed by atoms with E-state index in [1.165, 1.54) is 6.42 Å². The van der Waals surface area contributed by atoms with Crippen LogP contribution in [0.2, 0.25) is 0 Å². The minimum atomic E-state index is -0.388. The quantitative estimate of drug-likeness (QED) is 0.353. The molecule has 2 rings (SSSR count). The maximum atomic E-state index is 12.0. The lowest BCUT2D eigenvalue weighted by Gasteiger charge is -2.25. The second kappa shape index (κ2) is 5.49. The smallest absolute Gasteiger partial charge is 0.347 e. The van der Waals surface area contributed by atoms with Crippen LogP contribution in [0.15, 0.2) is 0 Å². The summed E-state index contributed by atoms with van der Waals surface area (Å²) in [6.07, 6.45) is 3.46. The minimum absolute atomic E-state index is 0.0358. The molecule has 5 nitrogen and oxygen atoms in total. The predicted octanol–water partition coefficient (Wildman–Crippen LogP) is 1.55. The highest BCUT2D eigenvalue weighted by Crippen LogP contribution is 2.46. The van der Waals surface area contributed by atoms with Crippen molar-refractivity contribution in [2.24, 2.45) is 17.8 Å². The van der Waals surface area contributed by atoms with Crippen molar-refractivity contribution < 1.29 is 14.7 Å². The second-order valence-corrected chi connectivity index (χ2v) is 6.48. The predicted molar refractivity (Wildman–Crippen MR) is 73.6 cm³/mol. The number of carbonyl (C=O) groups excluding carboxylic acids is 1. The molecule has 2 saturated carbocycles. The van der Waals surface area contributed by atoms with Crippen LogP contribution in [0.4, 0.5) is 4.79 Å². The second-order valence-electron chi connectivity index (χ2n) is 6.48. The van der Waals surface area contributed by atoms with Crippen molar-refractivity contribution in [2.75, 3.05) is 20.6 Å². The minimum Gasteiger partial charge on any atom is -0.347 e. The lowest BCUT2D eigenvalue weighted by molar-refractivity contribution is -0.702. The summed E-state index contributed by atoms with van der Waals surface area (Å²) in [5.74, 6) is 1.33. The normalized spacial score (nSPS) is 32.2. The van der Waals surface area contributed by atoms with E-state index in [1.807, 2.05) is 27.9 Å². The Hall–Kier alpha value is -1.10. The third kappa shape index (κ3) is 2.91. The Bertz CT molecular complexity index is 390. The number of rotatable bonds is 3. The fourth-order valence-electron chi connectivity index (χ4n) is 3.59. The lowest BCUT2D eigenvalue weighted by atomic mass is 9.86. The van der Waals surface area contributed by atoms with Gasteiger partial charge in [-0.05, 0) is 57.9 Å². The number of amides is 2. The largest absolute Gasteiger partial charge is 0.530 e. The third-order valence-electron chi connectivity index (χ3n) is 4.25. The molecule has 2 amide bonds. The molecule has 0 aromatic carbocycles. The van der Waals surface area contributed by atoms with Crippen LogP contribution < -0.4 is 5.32 Å². The molecular weight excluding hydrogens is 242 g/mol. The van der Waals surface area contributed by atoms with Crippen LogP contribution in [0.3, 0.4) is 0 Å². The first-order valence-electron chi connectivity index (χ1n) is 7.21. The van der Waals surface area contributed by atoms with Crippen molar-refractivity contribution in [1.29, 1.82) is 0 Å². The van der Waals surface area contributed by atoms with Crippen LogP contribution in [-0.4, -0.2) is 53.3 Å². The van der Waals surface area contributed by atoms with E-state index >= 15 is 0 Å². The Kier molecular flexibility index (Phi) is 4.13. The molecule has 3 atom stereocenters. The summed E-state index contributed by atoms with van der Waals surface area (Å²) in [6, 6.07) is -0.352. The maximum absolute atomic E-state index is 12.0. The van der Waals surface area contributed by atoms with Crippen LogP contribution >= 0.6 is 0 Å². The first-order chi connectivity index (χ1) is 8.90. The van der Waals surface area contributed by atoms with Crippen LogP contribution in [0.5, 0.6) is 0 Å².